The van der Waals surface area contributed by atoms with Crippen LogP contribution in [0.4, 0.5) is 0 Å². The van der Waals surface area contributed by atoms with Crippen LogP contribution in [0.15, 0.2) is 0 Å². The maximum atomic E-state index is 7.79. The van der Waals surface area contributed by atoms with Gasteiger partial charge in [0.1, 0.15) is 0 Å². The van der Waals surface area contributed by atoms with Crippen LogP contribution in [0.2, 0.25) is 0 Å². The standard InChI is InChI=1S/C8H16O2/c1-8(2,3)10-7-4-5-9-6-7/h7H,4-6H2,1-3H3/i7D. The van der Waals surface area contributed by atoms with Gasteiger partial charge in [-0.05, 0) is 27.2 Å². The number of rotatable bonds is 1. The molecule has 2 heteroatoms. The molecule has 1 rings (SSSR count). The van der Waals surface area contributed by atoms with Gasteiger partial charge in [0.25, 0.3) is 0 Å². The monoisotopic (exact) mass is 145 g/mol. The van der Waals surface area contributed by atoms with Gasteiger partial charge in [0.2, 0.25) is 0 Å². The highest BCUT2D eigenvalue weighted by molar-refractivity contribution is 4.69. The molecule has 1 fully saturated rings. The minimum absolute atomic E-state index is 0.241. The second-order valence-corrected chi connectivity index (χ2v) is 3.56. The summed E-state index contributed by atoms with van der Waals surface area (Å²) < 4.78 is 18.4. The van der Waals surface area contributed by atoms with E-state index in [2.05, 4.69) is 0 Å². The maximum absolute atomic E-state index is 7.79. The molecule has 1 atom stereocenters. The van der Waals surface area contributed by atoms with E-state index >= 15 is 0 Å². The van der Waals surface area contributed by atoms with E-state index in [0.717, 1.165) is 0 Å². The largest absolute Gasteiger partial charge is 0.379 e. The van der Waals surface area contributed by atoms with Gasteiger partial charge in [0, 0.05) is 6.61 Å². The highest BCUT2D eigenvalue weighted by atomic mass is 16.6. The number of ether oxygens (including phenoxy) is 2. The predicted molar refractivity (Wildman–Crippen MR) is 40.1 cm³/mol. The van der Waals surface area contributed by atoms with Crippen LogP contribution in [-0.2, 0) is 9.47 Å². The molecule has 1 unspecified atom stereocenters. The Kier molecular flexibility index (Phi) is 1.91. The summed E-state index contributed by atoms with van der Waals surface area (Å²) in [5.41, 5.74) is -0.241. The fraction of sp³-hybridized carbons (Fsp3) is 1.00. The van der Waals surface area contributed by atoms with Crippen LogP contribution in [0, 0.1) is 0 Å². The third-order valence-electron chi connectivity index (χ3n) is 1.24. The van der Waals surface area contributed by atoms with Gasteiger partial charge in [-0.25, -0.2) is 0 Å². The molecule has 1 aliphatic rings. The summed E-state index contributed by atoms with van der Waals surface area (Å²) in [6.45, 7) is 6.94. The zero-order chi connectivity index (χ0) is 8.54. The van der Waals surface area contributed by atoms with E-state index in [1.54, 1.807) is 0 Å². The van der Waals surface area contributed by atoms with Crippen LogP contribution in [0.5, 0.6) is 0 Å². The summed E-state index contributed by atoms with van der Waals surface area (Å²) in [6.07, 6.45) is -0.109. The van der Waals surface area contributed by atoms with Crippen LogP contribution in [0.3, 0.4) is 0 Å². The van der Waals surface area contributed by atoms with Crippen molar-refractivity contribution in [3.63, 3.8) is 0 Å². The summed E-state index contributed by atoms with van der Waals surface area (Å²) in [4.78, 5) is 0. The van der Waals surface area contributed by atoms with Crippen molar-refractivity contribution in [3.8, 4) is 0 Å². The van der Waals surface area contributed by atoms with E-state index in [0.29, 0.717) is 19.6 Å². The fourth-order valence-electron chi connectivity index (χ4n) is 0.958. The second-order valence-electron chi connectivity index (χ2n) is 3.56. The molecule has 0 saturated carbocycles. The Hall–Kier alpha value is -0.0800. The Balaban J connectivity index is 2.46. The third kappa shape index (κ3) is 2.67. The first kappa shape index (κ1) is 6.62. The van der Waals surface area contributed by atoms with Gasteiger partial charge in [-0.1, -0.05) is 0 Å². The molecule has 0 radical (unpaired) electrons. The lowest BCUT2D eigenvalue weighted by Gasteiger charge is -2.23. The van der Waals surface area contributed by atoms with Gasteiger partial charge < -0.3 is 9.47 Å². The minimum atomic E-state index is -0.793. The molecule has 0 aromatic heterocycles. The van der Waals surface area contributed by atoms with Gasteiger partial charge in [-0.2, -0.15) is 0 Å². The molecule has 60 valence electrons. The lowest BCUT2D eigenvalue weighted by atomic mass is 10.2. The van der Waals surface area contributed by atoms with Crippen molar-refractivity contribution >= 4 is 0 Å². The molecule has 0 bridgehead atoms. The Bertz CT molecular complexity index is 134. The first-order chi connectivity index (χ1) is 4.91. The molecule has 0 spiro atoms. The smallest absolute Gasteiger partial charge is 0.0837 e. The molecule has 1 saturated heterocycles. The van der Waals surface area contributed by atoms with Crippen molar-refractivity contribution < 1.29 is 10.8 Å². The molecule has 0 aromatic rings. The van der Waals surface area contributed by atoms with Crippen LogP contribution in [-0.4, -0.2) is 24.9 Å². The van der Waals surface area contributed by atoms with Gasteiger partial charge in [-0.15, -0.1) is 0 Å². The van der Waals surface area contributed by atoms with Crippen molar-refractivity contribution in [1.82, 2.24) is 0 Å². The quantitative estimate of drug-likeness (QED) is 0.558. The molecular weight excluding hydrogens is 128 g/mol. The van der Waals surface area contributed by atoms with Crippen molar-refractivity contribution in [3.05, 3.63) is 0 Å². The van der Waals surface area contributed by atoms with Crippen molar-refractivity contribution in [2.75, 3.05) is 13.2 Å². The lowest BCUT2D eigenvalue weighted by Crippen LogP contribution is -2.27. The van der Waals surface area contributed by atoms with Gasteiger partial charge >= 0.3 is 0 Å². The normalized spacial score (nSPS) is 36.1. The molecule has 10 heavy (non-hydrogen) atoms. The van der Waals surface area contributed by atoms with E-state index in [4.69, 9.17) is 10.8 Å². The molecule has 0 amide bonds. The number of hydrogen-bond acceptors (Lipinski definition) is 2. The molecule has 1 heterocycles. The first-order valence-corrected chi connectivity index (χ1v) is 3.69. The highest BCUT2D eigenvalue weighted by Gasteiger charge is 2.22. The average Bonchev–Trinajstić information content (AvgIpc) is 2.09. The predicted octanol–water partition coefficient (Wildman–Crippen LogP) is 1.59. The summed E-state index contributed by atoms with van der Waals surface area (Å²) in [6, 6.07) is 0. The molecule has 0 aromatic carbocycles. The third-order valence-corrected chi connectivity index (χ3v) is 1.24. The summed E-state index contributed by atoms with van der Waals surface area (Å²) in [7, 11) is 0. The Morgan fingerprint density at radius 1 is 1.60 bits per heavy atom. The Labute approximate surface area is 63.9 Å². The maximum Gasteiger partial charge on any atom is 0.0837 e. The van der Waals surface area contributed by atoms with Crippen molar-refractivity contribution in [2.45, 2.75) is 38.9 Å². The zero-order valence-corrected chi connectivity index (χ0v) is 6.94. The topological polar surface area (TPSA) is 18.5 Å². The second kappa shape index (κ2) is 2.89. The van der Waals surface area contributed by atoms with E-state index in [1.165, 1.54) is 0 Å². The van der Waals surface area contributed by atoms with Crippen molar-refractivity contribution in [2.24, 2.45) is 0 Å². The number of hydrogen-bond donors (Lipinski definition) is 0. The highest BCUT2D eigenvalue weighted by Crippen LogP contribution is 2.16. The molecule has 0 N–H and O–H groups in total. The van der Waals surface area contributed by atoms with Gasteiger partial charge in [-0.3, -0.25) is 0 Å². The van der Waals surface area contributed by atoms with Crippen LogP contribution >= 0.6 is 0 Å². The van der Waals surface area contributed by atoms with E-state index in [9.17, 15) is 0 Å². The first-order valence-electron chi connectivity index (χ1n) is 4.19. The molecular formula is C8H16O2. The van der Waals surface area contributed by atoms with Crippen LogP contribution in [0.25, 0.3) is 0 Å². The Morgan fingerprint density at radius 2 is 2.30 bits per heavy atom. The minimum Gasteiger partial charge on any atom is -0.379 e. The van der Waals surface area contributed by atoms with Gasteiger partial charge in [0.05, 0.1) is 19.7 Å². The van der Waals surface area contributed by atoms with Gasteiger partial charge in [0.15, 0.2) is 0 Å². The van der Waals surface area contributed by atoms with E-state index in [-0.39, 0.29) is 5.60 Å². The summed E-state index contributed by atoms with van der Waals surface area (Å²) in [5.74, 6) is 0. The summed E-state index contributed by atoms with van der Waals surface area (Å²) in [5, 5.41) is 0. The Morgan fingerprint density at radius 3 is 2.70 bits per heavy atom. The molecule has 2 nitrogen and oxygen atoms in total. The van der Waals surface area contributed by atoms with E-state index in [1.807, 2.05) is 20.8 Å². The van der Waals surface area contributed by atoms with Crippen molar-refractivity contribution in [1.29, 1.82) is 0 Å². The van der Waals surface area contributed by atoms with Crippen LogP contribution in [0.1, 0.15) is 28.6 Å². The van der Waals surface area contributed by atoms with Crippen LogP contribution < -0.4 is 0 Å². The SMILES string of the molecule is [2H]C1(OC(C)(C)C)CCOC1. The lowest BCUT2D eigenvalue weighted by molar-refractivity contribution is -0.0605. The van der Waals surface area contributed by atoms with E-state index < -0.39 is 6.08 Å². The fourth-order valence-corrected chi connectivity index (χ4v) is 0.958. The molecule has 1 aliphatic heterocycles. The summed E-state index contributed by atoms with van der Waals surface area (Å²) >= 11 is 0. The average molecular weight is 145 g/mol. The zero-order valence-electron chi connectivity index (χ0n) is 7.94. The molecule has 0 aliphatic carbocycles.